The fourth-order valence-electron chi connectivity index (χ4n) is 12.0. The summed E-state index contributed by atoms with van der Waals surface area (Å²) in [6.45, 7) is 24.0. The van der Waals surface area contributed by atoms with Gasteiger partial charge >= 0.3 is 5.97 Å². The van der Waals surface area contributed by atoms with Crippen LogP contribution >= 0.6 is 0 Å². The number of carbonyl (C=O) groups excluding carboxylic acids is 3. The lowest BCUT2D eigenvalue weighted by molar-refractivity contribution is -0.196. The zero-order valence-electron chi connectivity index (χ0n) is 29.7. The van der Waals surface area contributed by atoms with Crippen molar-refractivity contribution >= 4 is 17.7 Å². The molecule has 4 saturated carbocycles. The highest BCUT2D eigenvalue weighted by Gasteiger charge is 2.70. The number of hydrogen-bond acceptors (Lipinski definition) is 5. The summed E-state index contributed by atoms with van der Waals surface area (Å²) in [7, 11) is 1.57. The van der Waals surface area contributed by atoms with Crippen LogP contribution in [-0.4, -0.2) is 55.8 Å². The Morgan fingerprint density at radius 3 is 2.23 bits per heavy atom. The van der Waals surface area contributed by atoms with Crippen LogP contribution in [0.5, 0.6) is 0 Å². The van der Waals surface area contributed by atoms with Gasteiger partial charge in [0.15, 0.2) is 5.78 Å². The highest BCUT2D eigenvalue weighted by Crippen LogP contribution is 2.75. The Labute approximate surface area is 267 Å². The molecule has 0 heterocycles. The van der Waals surface area contributed by atoms with Gasteiger partial charge in [0.05, 0.1) is 18.4 Å². The summed E-state index contributed by atoms with van der Waals surface area (Å²) in [4.78, 5) is 43.6. The van der Waals surface area contributed by atoms with E-state index in [1.54, 1.807) is 7.11 Å². The van der Waals surface area contributed by atoms with Crippen molar-refractivity contribution in [1.29, 1.82) is 0 Å². The minimum atomic E-state index is -0.596. The molecule has 0 saturated heterocycles. The molecule has 1 N–H and O–H groups in total. The van der Waals surface area contributed by atoms with Crippen LogP contribution in [0.2, 0.25) is 0 Å². The van der Waals surface area contributed by atoms with E-state index in [0.29, 0.717) is 18.9 Å². The maximum absolute atomic E-state index is 14.0. The number of likely N-dealkylation sites (N-methyl/N-ethyl adjacent to an activating group) is 1. The zero-order valence-corrected chi connectivity index (χ0v) is 29.7. The third kappa shape index (κ3) is 4.77. The molecule has 0 aromatic rings. The number of rotatable bonds is 7. The molecule has 6 heteroatoms. The lowest BCUT2D eigenvalue weighted by Crippen LogP contribution is -2.66. The molecule has 0 aliphatic heterocycles. The molecule has 0 aromatic heterocycles. The van der Waals surface area contributed by atoms with E-state index in [1.807, 2.05) is 0 Å². The Bertz CT molecular complexity index is 1200. The molecular formula is C38H62N2O4. The van der Waals surface area contributed by atoms with Crippen molar-refractivity contribution in [2.75, 3.05) is 33.3 Å². The van der Waals surface area contributed by atoms with Crippen LogP contribution in [0.1, 0.15) is 120 Å². The molecule has 8 unspecified atom stereocenters. The number of esters is 1. The summed E-state index contributed by atoms with van der Waals surface area (Å²) in [6, 6.07) is 0. The maximum atomic E-state index is 14.0. The fraction of sp³-hybridized carbons (Fsp3) is 0.868. The SMILES string of the molecule is CCN(CC)CCNC(=O)C1CC2(C)C(CCC3(C)C2CC=C2C4CC(C)(C)CCC4(C(=O)OC)CCC23C)C(C)(C)C1=O. The van der Waals surface area contributed by atoms with Crippen molar-refractivity contribution in [3.8, 4) is 0 Å². The molecule has 1 amide bonds. The summed E-state index contributed by atoms with van der Waals surface area (Å²) in [5.74, 6) is 0.299. The van der Waals surface area contributed by atoms with E-state index in [2.05, 4.69) is 78.6 Å². The molecule has 8 atom stereocenters. The topological polar surface area (TPSA) is 75.7 Å². The van der Waals surface area contributed by atoms with Gasteiger partial charge in [-0.05, 0) is 110 Å². The predicted octanol–water partition coefficient (Wildman–Crippen LogP) is 7.21. The van der Waals surface area contributed by atoms with E-state index >= 15 is 0 Å². The quantitative estimate of drug-likeness (QED) is 0.187. The summed E-state index contributed by atoms with van der Waals surface area (Å²) in [5.41, 5.74) is 0.646. The molecule has 0 radical (unpaired) electrons. The largest absolute Gasteiger partial charge is 0.469 e. The molecule has 4 fully saturated rings. The number of nitrogens with zero attached hydrogens (tertiary/aromatic N) is 1. The molecule has 5 aliphatic rings. The number of allylic oxidation sites excluding steroid dienone is 2. The second-order valence-electron chi connectivity index (χ2n) is 17.5. The Balaban J connectivity index is 1.50. The van der Waals surface area contributed by atoms with Gasteiger partial charge < -0.3 is 15.0 Å². The number of nitrogens with one attached hydrogen (secondary N) is 1. The second kappa shape index (κ2) is 11.2. The monoisotopic (exact) mass is 610 g/mol. The number of ether oxygens (including phenoxy) is 1. The van der Waals surface area contributed by atoms with Crippen LogP contribution in [0.25, 0.3) is 0 Å². The minimum Gasteiger partial charge on any atom is -0.469 e. The lowest BCUT2D eigenvalue weighted by Gasteiger charge is -2.71. The average molecular weight is 611 g/mol. The summed E-state index contributed by atoms with van der Waals surface area (Å²) < 4.78 is 5.53. The van der Waals surface area contributed by atoms with Crippen molar-refractivity contribution in [2.45, 2.75) is 120 Å². The molecule has 0 bridgehead atoms. The summed E-state index contributed by atoms with van der Waals surface area (Å²) in [6.07, 6.45) is 11.1. The second-order valence-corrected chi connectivity index (χ2v) is 17.5. The van der Waals surface area contributed by atoms with Gasteiger partial charge in [0.1, 0.15) is 0 Å². The molecule has 6 nitrogen and oxygen atoms in total. The first-order chi connectivity index (χ1) is 20.5. The van der Waals surface area contributed by atoms with Crippen LogP contribution in [0.3, 0.4) is 0 Å². The highest BCUT2D eigenvalue weighted by molar-refractivity contribution is 6.04. The van der Waals surface area contributed by atoms with Crippen LogP contribution in [0.15, 0.2) is 11.6 Å². The molecular weight excluding hydrogens is 548 g/mol. The number of Topliss-reactive ketones (excluding diaryl/α,β-unsaturated/α-hetero) is 1. The first-order valence-electron chi connectivity index (χ1n) is 17.8. The maximum Gasteiger partial charge on any atom is 0.312 e. The normalized spacial score (nSPS) is 42.2. The van der Waals surface area contributed by atoms with Crippen LogP contribution in [0.4, 0.5) is 0 Å². The van der Waals surface area contributed by atoms with Gasteiger partial charge in [0.2, 0.25) is 5.91 Å². The van der Waals surface area contributed by atoms with Gasteiger partial charge in [-0.1, -0.05) is 74.0 Å². The van der Waals surface area contributed by atoms with Crippen LogP contribution < -0.4 is 5.32 Å². The Morgan fingerprint density at radius 1 is 0.932 bits per heavy atom. The lowest BCUT2D eigenvalue weighted by atomic mass is 9.33. The minimum absolute atomic E-state index is 0.00807. The fourth-order valence-corrected chi connectivity index (χ4v) is 12.0. The van der Waals surface area contributed by atoms with E-state index in [1.165, 1.54) is 5.57 Å². The summed E-state index contributed by atoms with van der Waals surface area (Å²) >= 11 is 0. The van der Waals surface area contributed by atoms with Crippen molar-refractivity contribution in [1.82, 2.24) is 10.2 Å². The smallest absolute Gasteiger partial charge is 0.312 e. The van der Waals surface area contributed by atoms with Gasteiger partial charge in [-0.3, -0.25) is 14.4 Å². The molecule has 248 valence electrons. The first-order valence-corrected chi connectivity index (χ1v) is 17.8. The number of fused-ring (bicyclic) bond motifs is 7. The van der Waals surface area contributed by atoms with E-state index < -0.39 is 16.7 Å². The van der Waals surface area contributed by atoms with Gasteiger partial charge in [-0.2, -0.15) is 0 Å². The van der Waals surface area contributed by atoms with Gasteiger partial charge in [-0.25, -0.2) is 0 Å². The number of hydrogen-bond donors (Lipinski definition) is 1. The van der Waals surface area contributed by atoms with Gasteiger partial charge in [0.25, 0.3) is 0 Å². The van der Waals surface area contributed by atoms with Crippen molar-refractivity contribution in [2.24, 2.45) is 56.2 Å². The number of ketones is 1. The molecule has 0 aromatic carbocycles. The Kier molecular flexibility index (Phi) is 8.59. The average Bonchev–Trinajstić information content (AvgIpc) is 2.96. The van der Waals surface area contributed by atoms with E-state index in [9.17, 15) is 14.4 Å². The Morgan fingerprint density at radius 2 is 1.59 bits per heavy atom. The van der Waals surface area contributed by atoms with E-state index in [4.69, 9.17) is 4.74 Å². The third-order valence-corrected chi connectivity index (χ3v) is 14.9. The molecule has 5 aliphatic carbocycles. The molecule has 0 spiro atoms. The van der Waals surface area contributed by atoms with E-state index in [-0.39, 0.29) is 51.2 Å². The standard InChI is InChI=1S/C38H62N2O4/c1-11-40(12-2)22-21-39-31(42)25-23-35(7)28(34(5,6)30(25)41)15-16-37(9)29(35)14-13-26-27-24-33(3,4)17-19-38(27,32(43)44-10)20-18-36(26,37)8/h13,25,27-29H,11-12,14-24H2,1-10H3,(H,39,42). The summed E-state index contributed by atoms with van der Waals surface area (Å²) in [5, 5.41) is 3.17. The Hall–Kier alpha value is -1.69. The molecule has 44 heavy (non-hydrogen) atoms. The van der Waals surface area contributed by atoms with Crippen LogP contribution in [-0.2, 0) is 19.1 Å². The van der Waals surface area contributed by atoms with Crippen molar-refractivity contribution in [3.63, 3.8) is 0 Å². The van der Waals surface area contributed by atoms with Gasteiger partial charge in [0, 0.05) is 18.5 Å². The van der Waals surface area contributed by atoms with E-state index in [0.717, 1.165) is 71.0 Å². The predicted molar refractivity (Wildman–Crippen MR) is 176 cm³/mol. The number of amides is 1. The molecule has 5 rings (SSSR count). The third-order valence-electron chi connectivity index (χ3n) is 14.9. The number of carbonyl (C=O) groups is 3. The first kappa shape index (κ1) is 33.7. The highest BCUT2D eigenvalue weighted by atomic mass is 16.5. The number of methoxy groups -OCH3 is 1. The van der Waals surface area contributed by atoms with Crippen molar-refractivity contribution in [3.05, 3.63) is 11.6 Å². The zero-order chi connectivity index (χ0) is 32.5. The van der Waals surface area contributed by atoms with Gasteiger partial charge in [-0.15, -0.1) is 0 Å². The van der Waals surface area contributed by atoms with Crippen LogP contribution in [0, 0.1) is 56.2 Å². The van der Waals surface area contributed by atoms with Crippen molar-refractivity contribution < 1.29 is 19.1 Å².